The van der Waals surface area contributed by atoms with Crippen LogP contribution in [-0.2, 0) is 11.2 Å². The molecule has 0 aliphatic carbocycles. The van der Waals surface area contributed by atoms with Crippen LogP contribution in [0, 0.1) is 6.92 Å². The standard InChI is InChI=1S/C21H24N2O/c1-15-8-9-20-19(12-15)18(14-23-20)10-11-22-21(24)13-16(2)17-6-4-3-5-7-17/h3-9,12,14,16,23H,10-11,13H2,1-2H3,(H,22,24). The van der Waals surface area contributed by atoms with Crippen LogP contribution in [0.3, 0.4) is 0 Å². The highest BCUT2D eigenvalue weighted by atomic mass is 16.1. The maximum Gasteiger partial charge on any atom is 0.220 e. The van der Waals surface area contributed by atoms with Crippen LogP contribution in [0.5, 0.6) is 0 Å². The molecule has 0 fully saturated rings. The zero-order valence-corrected chi connectivity index (χ0v) is 14.3. The predicted octanol–water partition coefficient (Wildman–Crippen LogP) is 4.33. The van der Waals surface area contributed by atoms with Gasteiger partial charge in [-0.3, -0.25) is 4.79 Å². The summed E-state index contributed by atoms with van der Waals surface area (Å²) in [5, 5.41) is 4.30. The maximum absolute atomic E-state index is 12.2. The molecule has 3 heteroatoms. The van der Waals surface area contributed by atoms with E-state index in [2.05, 4.69) is 54.5 Å². The van der Waals surface area contributed by atoms with Gasteiger partial charge in [-0.15, -0.1) is 0 Å². The number of aromatic amines is 1. The van der Waals surface area contributed by atoms with Crippen molar-refractivity contribution >= 4 is 16.8 Å². The third kappa shape index (κ3) is 3.85. The van der Waals surface area contributed by atoms with Gasteiger partial charge in [0.1, 0.15) is 0 Å². The monoisotopic (exact) mass is 320 g/mol. The summed E-state index contributed by atoms with van der Waals surface area (Å²) in [6.45, 7) is 4.86. The molecule has 0 aliphatic heterocycles. The van der Waals surface area contributed by atoms with Crippen molar-refractivity contribution in [3.8, 4) is 0 Å². The molecule has 0 saturated heterocycles. The van der Waals surface area contributed by atoms with E-state index in [0.29, 0.717) is 13.0 Å². The largest absolute Gasteiger partial charge is 0.361 e. The molecule has 1 heterocycles. The SMILES string of the molecule is Cc1ccc2[nH]cc(CCNC(=O)CC(C)c3ccccc3)c2c1. The van der Waals surface area contributed by atoms with Gasteiger partial charge in [-0.2, -0.15) is 0 Å². The first-order valence-corrected chi connectivity index (χ1v) is 8.52. The lowest BCUT2D eigenvalue weighted by Crippen LogP contribution is -2.26. The lowest BCUT2D eigenvalue weighted by atomic mass is 9.97. The normalized spacial score (nSPS) is 12.2. The first-order valence-electron chi connectivity index (χ1n) is 8.52. The van der Waals surface area contributed by atoms with Crippen molar-refractivity contribution in [2.24, 2.45) is 0 Å². The van der Waals surface area contributed by atoms with E-state index in [-0.39, 0.29) is 11.8 Å². The first-order chi connectivity index (χ1) is 11.6. The van der Waals surface area contributed by atoms with Crippen LogP contribution in [0.1, 0.15) is 36.0 Å². The van der Waals surface area contributed by atoms with E-state index in [1.165, 1.54) is 22.1 Å². The maximum atomic E-state index is 12.2. The minimum absolute atomic E-state index is 0.113. The van der Waals surface area contributed by atoms with E-state index in [9.17, 15) is 4.79 Å². The van der Waals surface area contributed by atoms with Gasteiger partial charge in [-0.25, -0.2) is 0 Å². The molecule has 0 spiro atoms. The summed E-state index contributed by atoms with van der Waals surface area (Å²) in [6, 6.07) is 16.6. The second-order valence-electron chi connectivity index (χ2n) is 6.48. The molecule has 2 aromatic carbocycles. The highest BCUT2D eigenvalue weighted by Gasteiger charge is 2.11. The molecule has 3 rings (SSSR count). The van der Waals surface area contributed by atoms with E-state index >= 15 is 0 Å². The third-order valence-electron chi connectivity index (χ3n) is 4.50. The number of aromatic nitrogens is 1. The quantitative estimate of drug-likeness (QED) is 0.697. The van der Waals surface area contributed by atoms with Crippen LogP contribution in [0.2, 0.25) is 0 Å². The van der Waals surface area contributed by atoms with Crippen LogP contribution in [-0.4, -0.2) is 17.4 Å². The molecule has 1 amide bonds. The van der Waals surface area contributed by atoms with E-state index in [4.69, 9.17) is 0 Å². The number of hydrogen-bond donors (Lipinski definition) is 2. The molecule has 1 aromatic heterocycles. The fourth-order valence-electron chi connectivity index (χ4n) is 3.09. The summed E-state index contributed by atoms with van der Waals surface area (Å²) in [5.41, 5.74) is 4.87. The Morgan fingerprint density at radius 1 is 1.17 bits per heavy atom. The molecular weight excluding hydrogens is 296 g/mol. The molecule has 124 valence electrons. The van der Waals surface area contributed by atoms with Gasteiger partial charge in [-0.1, -0.05) is 48.9 Å². The highest BCUT2D eigenvalue weighted by Crippen LogP contribution is 2.20. The lowest BCUT2D eigenvalue weighted by molar-refractivity contribution is -0.121. The molecule has 0 radical (unpaired) electrons. The third-order valence-corrected chi connectivity index (χ3v) is 4.50. The number of carbonyl (C=O) groups is 1. The van der Waals surface area contributed by atoms with Crippen LogP contribution >= 0.6 is 0 Å². The molecule has 24 heavy (non-hydrogen) atoms. The molecule has 0 bridgehead atoms. The lowest BCUT2D eigenvalue weighted by Gasteiger charge is -2.12. The predicted molar refractivity (Wildman–Crippen MR) is 99.2 cm³/mol. The average Bonchev–Trinajstić information content (AvgIpc) is 2.98. The van der Waals surface area contributed by atoms with Crippen LogP contribution < -0.4 is 5.32 Å². The Hall–Kier alpha value is -2.55. The number of nitrogens with one attached hydrogen (secondary N) is 2. The molecule has 3 nitrogen and oxygen atoms in total. The van der Waals surface area contributed by atoms with Gasteiger partial charge in [-0.05, 0) is 42.5 Å². The Kier molecular flexibility index (Phi) is 4.99. The summed E-state index contributed by atoms with van der Waals surface area (Å²) >= 11 is 0. The van der Waals surface area contributed by atoms with Gasteiger partial charge in [0.05, 0.1) is 0 Å². The van der Waals surface area contributed by atoms with E-state index in [1.54, 1.807) is 0 Å². The number of hydrogen-bond acceptors (Lipinski definition) is 1. The zero-order valence-electron chi connectivity index (χ0n) is 14.3. The van der Waals surface area contributed by atoms with Crippen LogP contribution in [0.15, 0.2) is 54.7 Å². The minimum Gasteiger partial charge on any atom is -0.361 e. The van der Waals surface area contributed by atoms with Crippen molar-refractivity contribution in [1.82, 2.24) is 10.3 Å². The molecule has 3 aromatic rings. The fourth-order valence-corrected chi connectivity index (χ4v) is 3.09. The van der Waals surface area contributed by atoms with E-state index in [0.717, 1.165) is 11.9 Å². The van der Waals surface area contributed by atoms with Crippen molar-refractivity contribution in [2.75, 3.05) is 6.54 Å². The van der Waals surface area contributed by atoms with Crippen LogP contribution in [0.25, 0.3) is 10.9 Å². The Balaban J connectivity index is 1.52. The van der Waals surface area contributed by atoms with Crippen molar-refractivity contribution in [2.45, 2.75) is 32.6 Å². The van der Waals surface area contributed by atoms with Crippen molar-refractivity contribution < 1.29 is 4.79 Å². The van der Waals surface area contributed by atoms with E-state index < -0.39 is 0 Å². The zero-order chi connectivity index (χ0) is 16.9. The minimum atomic E-state index is 0.113. The average molecular weight is 320 g/mol. The summed E-state index contributed by atoms with van der Waals surface area (Å²) in [4.78, 5) is 15.4. The van der Waals surface area contributed by atoms with Crippen molar-refractivity contribution in [3.63, 3.8) is 0 Å². The van der Waals surface area contributed by atoms with Gasteiger partial charge in [0.25, 0.3) is 0 Å². The van der Waals surface area contributed by atoms with E-state index in [1.807, 2.05) is 24.4 Å². The second-order valence-corrected chi connectivity index (χ2v) is 6.48. The second kappa shape index (κ2) is 7.35. The topological polar surface area (TPSA) is 44.9 Å². The highest BCUT2D eigenvalue weighted by molar-refractivity contribution is 5.84. The summed E-state index contributed by atoms with van der Waals surface area (Å²) in [7, 11) is 0. The molecule has 1 atom stereocenters. The molecule has 0 saturated carbocycles. The van der Waals surface area contributed by atoms with Crippen molar-refractivity contribution in [3.05, 3.63) is 71.4 Å². The van der Waals surface area contributed by atoms with Gasteiger partial charge >= 0.3 is 0 Å². The summed E-state index contributed by atoms with van der Waals surface area (Å²) in [6.07, 6.45) is 3.41. The van der Waals surface area contributed by atoms with Gasteiger partial charge in [0.2, 0.25) is 5.91 Å². The Labute approximate surface area is 143 Å². The Bertz CT molecular complexity index is 820. The number of carbonyl (C=O) groups excluding carboxylic acids is 1. The number of aryl methyl sites for hydroxylation is 1. The van der Waals surface area contributed by atoms with Crippen molar-refractivity contribution in [1.29, 1.82) is 0 Å². The molecule has 2 N–H and O–H groups in total. The number of H-pyrrole nitrogens is 1. The summed E-state index contributed by atoms with van der Waals surface area (Å²) < 4.78 is 0. The van der Waals surface area contributed by atoms with Crippen LogP contribution in [0.4, 0.5) is 0 Å². The number of amides is 1. The molecule has 1 unspecified atom stereocenters. The Morgan fingerprint density at radius 2 is 1.96 bits per heavy atom. The molecular formula is C21H24N2O. The first kappa shape index (κ1) is 16.3. The van der Waals surface area contributed by atoms with Gasteiger partial charge in [0, 0.05) is 30.1 Å². The number of fused-ring (bicyclic) bond motifs is 1. The smallest absolute Gasteiger partial charge is 0.220 e. The summed E-state index contributed by atoms with van der Waals surface area (Å²) in [5.74, 6) is 0.351. The molecule has 0 aliphatic rings. The fraction of sp³-hybridized carbons (Fsp3) is 0.286. The Morgan fingerprint density at radius 3 is 2.75 bits per heavy atom. The van der Waals surface area contributed by atoms with Gasteiger partial charge < -0.3 is 10.3 Å². The van der Waals surface area contributed by atoms with Gasteiger partial charge in [0.15, 0.2) is 0 Å². The number of rotatable bonds is 6. The number of benzene rings is 2.